The Hall–Kier alpha value is -0.980. The number of nitrogens with one attached hydrogen (secondary N) is 1. The molecule has 0 radical (unpaired) electrons. The predicted octanol–water partition coefficient (Wildman–Crippen LogP) is 1.85. The number of rotatable bonds is 3. The summed E-state index contributed by atoms with van der Waals surface area (Å²) in [6.45, 7) is 2.57. The van der Waals surface area contributed by atoms with Crippen LogP contribution in [0.15, 0.2) is 11.6 Å². The first kappa shape index (κ1) is 10.5. The Morgan fingerprint density at radius 1 is 1.67 bits per heavy atom. The maximum Gasteiger partial charge on any atom is 0.177 e. The summed E-state index contributed by atoms with van der Waals surface area (Å²) in [5.41, 5.74) is 1.80. The molecule has 2 aromatic heterocycles. The molecule has 0 fully saturated rings. The number of aromatic nitrogens is 3. The highest BCUT2D eigenvalue weighted by Gasteiger charge is 2.05. The largest absolute Gasteiger partial charge is 0.390 e. The first-order chi connectivity index (χ1) is 7.20. The molecule has 2 rings (SSSR count). The predicted molar refractivity (Wildman–Crippen MR) is 61.5 cm³/mol. The minimum atomic E-state index is -0.0164. The van der Waals surface area contributed by atoms with Gasteiger partial charge in [0.1, 0.15) is 5.01 Å². The highest BCUT2D eigenvalue weighted by Crippen LogP contribution is 2.12. The summed E-state index contributed by atoms with van der Waals surface area (Å²) in [6, 6.07) is 0. The van der Waals surface area contributed by atoms with Gasteiger partial charge in [0.05, 0.1) is 18.8 Å². The topological polar surface area (TPSA) is 53.8 Å². The van der Waals surface area contributed by atoms with Gasteiger partial charge in [0, 0.05) is 17.3 Å². The third-order valence-electron chi connectivity index (χ3n) is 2.08. The summed E-state index contributed by atoms with van der Waals surface area (Å²) in [7, 11) is 0. The number of H-pyrrole nitrogens is 1. The number of nitrogens with zero attached hydrogens (tertiary/aromatic N) is 2. The van der Waals surface area contributed by atoms with Gasteiger partial charge in [0.2, 0.25) is 0 Å². The molecular formula is C9H11N3OS2. The lowest BCUT2D eigenvalue weighted by atomic mass is 10.5. The minimum absolute atomic E-state index is 0.0164. The van der Waals surface area contributed by atoms with Crippen LogP contribution in [0.3, 0.4) is 0 Å². The van der Waals surface area contributed by atoms with Crippen LogP contribution in [0, 0.1) is 11.7 Å². The van der Waals surface area contributed by atoms with Gasteiger partial charge in [0.25, 0.3) is 0 Å². The highest BCUT2D eigenvalue weighted by atomic mass is 32.1. The van der Waals surface area contributed by atoms with E-state index in [0.717, 1.165) is 16.4 Å². The van der Waals surface area contributed by atoms with E-state index < -0.39 is 0 Å². The molecule has 0 atom stereocenters. The number of imidazole rings is 1. The Morgan fingerprint density at radius 2 is 2.47 bits per heavy atom. The first-order valence-electron chi connectivity index (χ1n) is 4.49. The van der Waals surface area contributed by atoms with E-state index in [9.17, 15) is 0 Å². The molecule has 2 N–H and O–H groups in total. The molecule has 0 unspecified atom stereocenters. The molecule has 0 aliphatic carbocycles. The van der Waals surface area contributed by atoms with E-state index >= 15 is 0 Å². The van der Waals surface area contributed by atoms with Crippen LogP contribution in [-0.2, 0) is 13.2 Å². The molecule has 0 amide bonds. The fraction of sp³-hybridized carbons (Fsp3) is 0.333. The molecule has 0 saturated carbocycles. The molecule has 0 aromatic carbocycles. The zero-order valence-electron chi connectivity index (χ0n) is 8.23. The van der Waals surface area contributed by atoms with Crippen LogP contribution in [0.25, 0.3) is 0 Å². The quantitative estimate of drug-likeness (QED) is 0.806. The van der Waals surface area contributed by atoms with Gasteiger partial charge in [-0.05, 0) is 19.1 Å². The first-order valence-corrected chi connectivity index (χ1v) is 5.78. The van der Waals surface area contributed by atoms with Crippen molar-refractivity contribution in [1.82, 2.24) is 14.5 Å². The number of hydrogen-bond donors (Lipinski definition) is 2. The van der Waals surface area contributed by atoms with Gasteiger partial charge in [-0.3, -0.25) is 0 Å². The van der Waals surface area contributed by atoms with Crippen molar-refractivity contribution in [1.29, 1.82) is 0 Å². The lowest BCUT2D eigenvalue weighted by Gasteiger charge is -2.02. The van der Waals surface area contributed by atoms with Crippen LogP contribution in [0.2, 0.25) is 0 Å². The number of hydrogen-bond acceptors (Lipinski definition) is 4. The van der Waals surface area contributed by atoms with E-state index in [1.807, 2.05) is 16.9 Å². The Labute approximate surface area is 96.2 Å². The van der Waals surface area contributed by atoms with Gasteiger partial charge in [0.15, 0.2) is 4.77 Å². The van der Waals surface area contributed by atoms with E-state index in [2.05, 4.69) is 9.97 Å². The summed E-state index contributed by atoms with van der Waals surface area (Å²) >= 11 is 6.72. The van der Waals surface area contributed by atoms with Crippen molar-refractivity contribution in [3.63, 3.8) is 0 Å². The summed E-state index contributed by atoms with van der Waals surface area (Å²) in [5, 5.41) is 12.1. The summed E-state index contributed by atoms with van der Waals surface area (Å²) in [5.74, 6) is 0. The molecule has 0 aliphatic heterocycles. The lowest BCUT2D eigenvalue weighted by Crippen LogP contribution is -2.04. The third-order valence-corrected chi connectivity index (χ3v) is 3.37. The van der Waals surface area contributed by atoms with Crippen molar-refractivity contribution in [2.24, 2.45) is 0 Å². The normalized spacial score (nSPS) is 10.8. The number of aliphatic hydroxyl groups excluding tert-OH is 1. The van der Waals surface area contributed by atoms with E-state index in [-0.39, 0.29) is 6.61 Å². The van der Waals surface area contributed by atoms with Gasteiger partial charge in [-0.2, -0.15) is 0 Å². The fourth-order valence-electron chi connectivity index (χ4n) is 1.35. The van der Waals surface area contributed by atoms with Gasteiger partial charge in [-0.25, -0.2) is 4.98 Å². The van der Waals surface area contributed by atoms with Crippen LogP contribution < -0.4 is 0 Å². The molecule has 2 aromatic rings. The number of thiazole rings is 1. The van der Waals surface area contributed by atoms with Crippen molar-refractivity contribution >= 4 is 23.6 Å². The molecule has 0 aliphatic rings. The Kier molecular flexibility index (Phi) is 2.99. The monoisotopic (exact) mass is 241 g/mol. The third kappa shape index (κ3) is 2.17. The van der Waals surface area contributed by atoms with Crippen LogP contribution in [0.5, 0.6) is 0 Å². The SMILES string of the molecule is Cc1csc(Cn2c(CO)c[nH]c2=S)n1. The second-order valence-electron chi connectivity index (χ2n) is 3.21. The average Bonchev–Trinajstić information content (AvgIpc) is 2.76. The fourth-order valence-corrected chi connectivity index (χ4v) is 2.35. The molecule has 4 nitrogen and oxygen atoms in total. The Bertz CT molecular complexity index is 511. The van der Waals surface area contributed by atoms with E-state index in [1.165, 1.54) is 0 Å². The smallest absolute Gasteiger partial charge is 0.177 e. The van der Waals surface area contributed by atoms with Gasteiger partial charge < -0.3 is 14.7 Å². The van der Waals surface area contributed by atoms with Crippen molar-refractivity contribution in [2.75, 3.05) is 0 Å². The van der Waals surface area contributed by atoms with Crippen LogP contribution in [0.1, 0.15) is 16.4 Å². The van der Waals surface area contributed by atoms with Crippen LogP contribution in [0.4, 0.5) is 0 Å². The van der Waals surface area contributed by atoms with Crippen molar-refractivity contribution in [3.8, 4) is 0 Å². The molecule has 15 heavy (non-hydrogen) atoms. The molecular weight excluding hydrogens is 230 g/mol. The molecule has 0 saturated heterocycles. The molecule has 0 bridgehead atoms. The van der Waals surface area contributed by atoms with Crippen molar-refractivity contribution in [3.05, 3.63) is 32.7 Å². The summed E-state index contributed by atoms with van der Waals surface area (Å²) < 4.78 is 2.47. The Balaban J connectivity index is 2.31. The van der Waals surface area contributed by atoms with Crippen LogP contribution in [-0.4, -0.2) is 19.6 Å². The maximum absolute atomic E-state index is 9.11. The number of aliphatic hydroxyl groups is 1. The standard InChI is InChI=1S/C9H11N3OS2/c1-6-5-15-8(11-6)3-12-7(4-13)2-10-9(12)14/h2,5,13H,3-4H2,1H3,(H,10,14). The van der Waals surface area contributed by atoms with Crippen molar-refractivity contribution < 1.29 is 5.11 Å². The van der Waals surface area contributed by atoms with E-state index in [0.29, 0.717) is 11.3 Å². The number of aryl methyl sites for hydroxylation is 1. The van der Waals surface area contributed by atoms with E-state index in [1.54, 1.807) is 17.5 Å². The maximum atomic E-state index is 9.11. The zero-order chi connectivity index (χ0) is 10.8. The van der Waals surface area contributed by atoms with Crippen molar-refractivity contribution in [2.45, 2.75) is 20.1 Å². The highest BCUT2D eigenvalue weighted by molar-refractivity contribution is 7.71. The average molecular weight is 241 g/mol. The van der Waals surface area contributed by atoms with Gasteiger partial charge in [-0.1, -0.05) is 0 Å². The number of aromatic amines is 1. The molecule has 80 valence electrons. The lowest BCUT2D eigenvalue weighted by molar-refractivity contribution is 0.271. The second kappa shape index (κ2) is 4.26. The summed E-state index contributed by atoms with van der Waals surface area (Å²) in [6.07, 6.45) is 1.72. The Morgan fingerprint density at radius 3 is 3.07 bits per heavy atom. The second-order valence-corrected chi connectivity index (χ2v) is 4.54. The van der Waals surface area contributed by atoms with Gasteiger partial charge in [-0.15, -0.1) is 11.3 Å². The van der Waals surface area contributed by atoms with Gasteiger partial charge >= 0.3 is 0 Å². The van der Waals surface area contributed by atoms with E-state index in [4.69, 9.17) is 17.3 Å². The minimum Gasteiger partial charge on any atom is -0.390 e. The summed E-state index contributed by atoms with van der Waals surface area (Å²) in [4.78, 5) is 7.27. The van der Waals surface area contributed by atoms with Crippen LogP contribution >= 0.6 is 23.6 Å². The molecule has 0 spiro atoms. The zero-order valence-corrected chi connectivity index (χ0v) is 9.86. The molecule has 6 heteroatoms. The molecule has 2 heterocycles.